The summed E-state index contributed by atoms with van der Waals surface area (Å²) in [4.78, 5) is 24.0. The normalized spacial score (nSPS) is 11.5. The molecule has 0 fully saturated rings. The first-order valence-electron chi connectivity index (χ1n) is 8.53. The quantitative estimate of drug-likeness (QED) is 0.463. The molecular formula is C19H19AlCl2N2O4. The third-order valence-corrected chi connectivity index (χ3v) is 4.79. The highest BCUT2D eigenvalue weighted by Gasteiger charge is 2.19. The van der Waals surface area contributed by atoms with E-state index in [2.05, 4.69) is 26.1 Å². The van der Waals surface area contributed by atoms with Crippen molar-refractivity contribution in [1.82, 2.24) is 4.30 Å². The zero-order chi connectivity index (χ0) is 20.5. The van der Waals surface area contributed by atoms with Crippen LogP contribution in [0.4, 0.5) is 11.4 Å². The van der Waals surface area contributed by atoms with Gasteiger partial charge in [0.25, 0.3) is 16.5 Å². The minimum absolute atomic E-state index is 0.0116. The van der Waals surface area contributed by atoms with Crippen LogP contribution in [0.15, 0.2) is 42.5 Å². The fourth-order valence-corrected chi connectivity index (χ4v) is 3.08. The molecule has 0 aliphatic carbocycles. The summed E-state index contributed by atoms with van der Waals surface area (Å²) < 4.78 is 12.8. The summed E-state index contributed by atoms with van der Waals surface area (Å²) in [5.41, 5.74) is 1.94. The zero-order valence-corrected chi connectivity index (χ0v) is 17.9. The summed E-state index contributed by atoms with van der Waals surface area (Å²) in [5.74, 6) is -0.963. The van der Waals surface area contributed by atoms with Crippen molar-refractivity contribution in [3.63, 3.8) is 0 Å². The molecule has 2 aromatic rings. The number of carbonyl (C=O) groups excluding carboxylic acids is 2. The van der Waals surface area contributed by atoms with Crippen molar-refractivity contribution in [2.75, 3.05) is 18.5 Å². The molecule has 0 aromatic heterocycles. The van der Waals surface area contributed by atoms with Gasteiger partial charge in [0, 0.05) is 5.69 Å². The average Bonchev–Trinajstić information content (AvgIpc) is 2.67. The van der Waals surface area contributed by atoms with E-state index in [0.29, 0.717) is 27.0 Å². The van der Waals surface area contributed by atoms with E-state index in [9.17, 15) is 9.59 Å². The Kier molecular flexibility index (Phi) is 9.10. The van der Waals surface area contributed by atoms with Gasteiger partial charge in [-0.2, -0.15) is 0 Å². The summed E-state index contributed by atoms with van der Waals surface area (Å²) >= 11 is 14.6. The van der Waals surface area contributed by atoms with Gasteiger partial charge in [0.1, 0.15) is 12.6 Å². The lowest BCUT2D eigenvalue weighted by Gasteiger charge is -2.17. The van der Waals surface area contributed by atoms with Gasteiger partial charge in [-0.3, -0.25) is 9.59 Å². The van der Waals surface area contributed by atoms with Gasteiger partial charge in [0.2, 0.25) is 0 Å². The molecule has 0 aliphatic rings. The number of nitrogens with one attached hydrogen (secondary N) is 2. The largest absolute Gasteiger partial charge is 0.465 e. The molecule has 28 heavy (non-hydrogen) atoms. The monoisotopic (exact) mass is 436 g/mol. The molecule has 0 saturated heterocycles. The summed E-state index contributed by atoms with van der Waals surface area (Å²) in [6.45, 7) is 1.82. The standard InChI is InChI=1S/C19H19Cl2N2O4.Al/c1-2-26-19(25)15(22)11-27-17(24)10-12-6-3-4-9-16(12)23-18-13(20)7-5-8-14(18)21;/h3-9,15,22-23H,2,10-11H2,1H3;/q-1;+1/t15-;/m0./s1. The average molecular weight is 437 g/mol. The smallest absolute Gasteiger partial charge is 0.324 e. The van der Waals surface area contributed by atoms with Crippen LogP contribution in [0.25, 0.3) is 0 Å². The van der Waals surface area contributed by atoms with Gasteiger partial charge in [-0.25, -0.2) is 0 Å². The van der Waals surface area contributed by atoms with E-state index in [-0.39, 0.29) is 19.6 Å². The SMILES string of the molecule is CCOC(=O)[C@H](COC(=O)Cc1ccccc1Nc1c(Cl)cccc1Cl)[NH][Al]. The number of ether oxygens (including phenoxy) is 2. The predicted octanol–water partition coefficient (Wildman–Crippen LogP) is 3.43. The minimum atomic E-state index is -0.746. The lowest BCUT2D eigenvalue weighted by atomic mass is 10.1. The Balaban J connectivity index is 2.04. The van der Waals surface area contributed by atoms with Gasteiger partial charge < -0.3 is 19.1 Å². The van der Waals surface area contributed by atoms with Gasteiger partial charge in [-0.1, -0.05) is 47.5 Å². The highest BCUT2D eigenvalue weighted by Crippen LogP contribution is 2.33. The first-order chi connectivity index (χ1) is 13.5. The molecule has 2 radical (unpaired) electrons. The van der Waals surface area contributed by atoms with E-state index >= 15 is 0 Å². The fourth-order valence-electron chi connectivity index (χ4n) is 2.36. The summed E-state index contributed by atoms with van der Waals surface area (Å²) in [6, 6.07) is 11.7. The van der Waals surface area contributed by atoms with E-state index in [1.54, 1.807) is 31.2 Å². The Labute approximate surface area is 182 Å². The lowest BCUT2D eigenvalue weighted by Crippen LogP contribution is -2.41. The molecule has 0 saturated carbocycles. The van der Waals surface area contributed by atoms with Crippen molar-refractivity contribution in [2.24, 2.45) is 0 Å². The molecule has 0 bridgehead atoms. The fraction of sp³-hybridized carbons (Fsp3) is 0.263. The van der Waals surface area contributed by atoms with Crippen LogP contribution in [-0.4, -0.2) is 47.7 Å². The molecular weight excluding hydrogens is 418 g/mol. The molecule has 0 spiro atoms. The number of esters is 2. The Morgan fingerprint density at radius 1 is 1.07 bits per heavy atom. The summed E-state index contributed by atoms with van der Waals surface area (Å²) in [5, 5.41) is 4.10. The molecule has 1 atom stereocenters. The topological polar surface area (TPSA) is 76.7 Å². The van der Waals surface area contributed by atoms with Crippen molar-refractivity contribution in [2.45, 2.75) is 19.4 Å². The van der Waals surface area contributed by atoms with Crippen LogP contribution < -0.4 is 9.62 Å². The summed E-state index contributed by atoms with van der Waals surface area (Å²) in [7, 11) is 0. The van der Waals surface area contributed by atoms with Gasteiger partial charge in [0.15, 0.2) is 0 Å². The first kappa shape index (κ1) is 22.5. The third kappa shape index (κ3) is 6.40. The van der Waals surface area contributed by atoms with Crippen molar-refractivity contribution in [1.29, 1.82) is 0 Å². The molecule has 9 heteroatoms. The van der Waals surface area contributed by atoms with Gasteiger partial charge in [-0.15, -0.1) is 0 Å². The molecule has 6 nitrogen and oxygen atoms in total. The highest BCUT2D eigenvalue weighted by molar-refractivity contribution is 6.39. The predicted molar refractivity (Wildman–Crippen MR) is 110 cm³/mol. The molecule has 2 aromatic carbocycles. The van der Waals surface area contributed by atoms with Crippen molar-refractivity contribution < 1.29 is 19.1 Å². The van der Waals surface area contributed by atoms with Crippen molar-refractivity contribution >= 4 is 63.0 Å². The van der Waals surface area contributed by atoms with Crippen LogP contribution >= 0.6 is 23.2 Å². The number of benzene rings is 2. The number of halogens is 2. The molecule has 146 valence electrons. The van der Waals surface area contributed by atoms with Crippen LogP contribution in [-0.2, 0) is 25.5 Å². The summed E-state index contributed by atoms with van der Waals surface area (Å²) in [6.07, 6.45) is 0.0116. The maximum atomic E-state index is 12.3. The van der Waals surface area contributed by atoms with Gasteiger partial charge in [0.05, 0.1) is 28.8 Å². The van der Waals surface area contributed by atoms with Crippen LogP contribution in [0, 0.1) is 0 Å². The van der Waals surface area contributed by atoms with Crippen LogP contribution in [0.3, 0.4) is 0 Å². The van der Waals surface area contributed by atoms with E-state index in [1.165, 1.54) is 0 Å². The molecule has 0 heterocycles. The first-order valence-corrected chi connectivity index (χ1v) is 9.86. The van der Waals surface area contributed by atoms with Crippen molar-refractivity contribution in [3.05, 3.63) is 58.1 Å². The Hall–Kier alpha value is -1.75. The molecule has 2 rings (SSSR count). The number of para-hydroxylation sites is 2. The lowest BCUT2D eigenvalue weighted by molar-refractivity contribution is -0.150. The van der Waals surface area contributed by atoms with E-state index < -0.39 is 18.0 Å². The molecule has 0 aliphatic heterocycles. The van der Waals surface area contributed by atoms with E-state index in [1.807, 2.05) is 18.2 Å². The molecule has 2 N–H and O–H groups in total. The number of anilines is 2. The Morgan fingerprint density at radius 3 is 2.39 bits per heavy atom. The maximum absolute atomic E-state index is 12.3. The number of hydrogen-bond donors (Lipinski definition) is 2. The zero-order valence-electron chi connectivity index (χ0n) is 15.2. The molecule has 0 unspecified atom stereocenters. The third-order valence-electron chi connectivity index (χ3n) is 3.76. The van der Waals surface area contributed by atoms with Gasteiger partial charge >= 0.3 is 11.9 Å². The van der Waals surface area contributed by atoms with Crippen molar-refractivity contribution in [3.8, 4) is 0 Å². The Bertz CT molecular complexity index is 815. The van der Waals surface area contributed by atoms with E-state index in [0.717, 1.165) is 0 Å². The molecule has 0 amide bonds. The van der Waals surface area contributed by atoms with Crippen LogP contribution in [0.2, 0.25) is 10.0 Å². The van der Waals surface area contributed by atoms with Crippen LogP contribution in [0.1, 0.15) is 12.5 Å². The van der Waals surface area contributed by atoms with E-state index in [4.69, 9.17) is 32.7 Å². The minimum Gasteiger partial charge on any atom is -0.465 e. The van der Waals surface area contributed by atoms with Gasteiger partial charge in [-0.05, 0) is 30.7 Å². The number of rotatable bonds is 9. The number of carbonyl (C=O) groups is 2. The maximum Gasteiger partial charge on any atom is 0.324 e. The second-order valence-electron chi connectivity index (χ2n) is 5.71. The number of hydrogen-bond acceptors (Lipinski definition) is 6. The second-order valence-corrected chi connectivity index (χ2v) is 6.86. The Morgan fingerprint density at radius 2 is 1.75 bits per heavy atom. The van der Waals surface area contributed by atoms with Crippen LogP contribution in [0.5, 0.6) is 0 Å². The highest BCUT2D eigenvalue weighted by atomic mass is 35.5. The second kappa shape index (κ2) is 11.3.